The summed E-state index contributed by atoms with van der Waals surface area (Å²) < 4.78 is 0. The van der Waals surface area contributed by atoms with Crippen LogP contribution in [-0.4, -0.2) is 48.4 Å². The predicted octanol–water partition coefficient (Wildman–Crippen LogP) is 0.335. The third kappa shape index (κ3) is 12.9. The van der Waals surface area contributed by atoms with Crippen molar-refractivity contribution in [3.05, 3.63) is 0 Å². The first-order chi connectivity index (χ1) is 4.63. The van der Waals surface area contributed by atoms with Gasteiger partial charge >= 0.3 is 11.9 Å². The van der Waals surface area contributed by atoms with Gasteiger partial charge in [-0.3, -0.25) is 9.59 Å². The average molecular weight is 355 g/mol. The van der Waals surface area contributed by atoms with E-state index in [9.17, 15) is 9.59 Å². The van der Waals surface area contributed by atoms with Crippen molar-refractivity contribution in [1.29, 1.82) is 0 Å². The summed E-state index contributed by atoms with van der Waals surface area (Å²) in [7, 11) is 0. The molecule has 0 spiro atoms. The van der Waals surface area contributed by atoms with Crippen molar-refractivity contribution in [2.24, 2.45) is 0 Å². The number of hydrogen-bond acceptors (Lipinski definition) is 2. The zero-order valence-corrected chi connectivity index (χ0v) is 9.46. The van der Waals surface area contributed by atoms with E-state index in [1.165, 1.54) is 0 Å². The largest absolute Gasteiger partial charge is 0.481 e. The molecule has 0 atom stereocenters. The molecule has 0 aromatic carbocycles. The average Bonchev–Trinajstić information content (AvgIpc) is 1.79. The summed E-state index contributed by atoms with van der Waals surface area (Å²) in [5.41, 5.74) is 0. The van der Waals surface area contributed by atoms with Crippen LogP contribution in [0.25, 0.3) is 0 Å². The van der Waals surface area contributed by atoms with E-state index >= 15 is 0 Å². The monoisotopic (exact) mass is 355 g/mol. The normalized spacial score (nSPS) is 8.36. The van der Waals surface area contributed by atoms with Crippen molar-refractivity contribution in [3.8, 4) is 0 Å². The maximum atomic E-state index is 9.90. The second-order valence-corrected chi connectivity index (χ2v) is 1.99. The Morgan fingerprint density at radius 2 is 1.18 bits per heavy atom. The minimum absolute atomic E-state index is 0. The maximum absolute atomic E-state index is 9.90. The fourth-order valence-corrected chi connectivity index (χ4v) is 0.552. The number of hydrogen-bond donors (Lipinski definition) is 2. The Kier molecular flexibility index (Phi) is 9.67. The molecule has 0 bridgehead atoms. The summed E-state index contributed by atoms with van der Waals surface area (Å²) in [4.78, 5) is 19.8. The van der Waals surface area contributed by atoms with Crippen LogP contribution in [0, 0.1) is 0 Å². The Morgan fingerprint density at radius 3 is 1.36 bits per heavy atom. The molecule has 3 radical (unpaired) electrons. The van der Waals surface area contributed by atoms with Crippen LogP contribution in [0.5, 0.6) is 0 Å². The molecule has 4 nitrogen and oxygen atoms in total. The second-order valence-electron chi connectivity index (χ2n) is 1.99. The molecule has 0 aromatic rings. The van der Waals surface area contributed by atoms with Gasteiger partial charge in [-0.15, -0.1) is 0 Å². The molecule has 0 amide bonds. The Balaban J connectivity index is 0. The van der Waals surface area contributed by atoms with Crippen molar-refractivity contribution in [1.82, 2.24) is 0 Å². The summed E-state index contributed by atoms with van der Waals surface area (Å²) in [6, 6.07) is 0. The third-order valence-electron chi connectivity index (χ3n) is 1.03. The van der Waals surface area contributed by atoms with Gasteiger partial charge in [0.05, 0.1) is 0 Å². The molecule has 5 heteroatoms. The second kappa shape index (κ2) is 7.92. The molecule has 0 aliphatic rings. The molecule has 11 heavy (non-hydrogen) atoms. The van der Waals surface area contributed by atoms with Crippen molar-refractivity contribution in [2.45, 2.75) is 25.7 Å². The van der Waals surface area contributed by atoms with Crippen LogP contribution in [0.15, 0.2) is 0 Å². The number of unbranched alkanes of at least 4 members (excludes halogenated alkanes) is 1. The smallest absolute Gasteiger partial charge is 0.303 e. The predicted molar refractivity (Wildman–Crippen MR) is 39.5 cm³/mol. The molecule has 0 aliphatic carbocycles. The zero-order valence-electron chi connectivity index (χ0n) is 5.99. The molecule has 0 aliphatic heterocycles. The molecule has 0 saturated carbocycles. The van der Waals surface area contributed by atoms with Crippen LogP contribution in [-0.2, 0) is 9.59 Å². The zero-order chi connectivity index (χ0) is 7.98. The molecule has 0 aromatic heterocycles. The van der Waals surface area contributed by atoms with E-state index in [0.717, 1.165) is 0 Å². The number of carboxylic acid groups (broad SMARTS) is 2. The Labute approximate surface area is 83.7 Å². The Hall–Kier alpha value is -0.177. The topological polar surface area (TPSA) is 74.6 Å². The van der Waals surface area contributed by atoms with Crippen LogP contribution in [0.4, 0.5) is 0 Å². The SMILES string of the molecule is O=C(O)CCCCC(=O)O.[Bi]. The van der Waals surface area contributed by atoms with Crippen molar-refractivity contribution in [3.63, 3.8) is 0 Å². The first kappa shape index (κ1) is 13.4. The third-order valence-corrected chi connectivity index (χ3v) is 1.03. The van der Waals surface area contributed by atoms with Gasteiger partial charge in [-0.1, -0.05) is 0 Å². The summed E-state index contributed by atoms with van der Waals surface area (Å²) >= 11 is 0. The van der Waals surface area contributed by atoms with E-state index < -0.39 is 11.9 Å². The van der Waals surface area contributed by atoms with Crippen LogP contribution < -0.4 is 0 Å². The van der Waals surface area contributed by atoms with E-state index in [-0.39, 0.29) is 39.0 Å². The summed E-state index contributed by atoms with van der Waals surface area (Å²) in [5, 5.41) is 16.3. The maximum Gasteiger partial charge on any atom is 0.303 e. The molecular weight excluding hydrogens is 345 g/mol. The van der Waals surface area contributed by atoms with Crippen LogP contribution in [0.3, 0.4) is 0 Å². The molecule has 0 unspecified atom stereocenters. The summed E-state index contributed by atoms with van der Waals surface area (Å²) in [5.74, 6) is -1.74. The van der Waals surface area contributed by atoms with Gasteiger partial charge < -0.3 is 10.2 Å². The van der Waals surface area contributed by atoms with Crippen molar-refractivity contribution < 1.29 is 19.8 Å². The van der Waals surface area contributed by atoms with E-state index in [0.29, 0.717) is 12.8 Å². The van der Waals surface area contributed by atoms with E-state index in [2.05, 4.69) is 0 Å². The number of carboxylic acids is 2. The molecular formula is C6H10BiO4. The summed E-state index contributed by atoms with van der Waals surface area (Å²) in [6.07, 6.45) is 1.02. The molecule has 2 N–H and O–H groups in total. The van der Waals surface area contributed by atoms with Gasteiger partial charge in [0.2, 0.25) is 0 Å². The molecule has 63 valence electrons. The van der Waals surface area contributed by atoms with E-state index in [1.807, 2.05) is 0 Å². The van der Waals surface area contributed by atoms with Crippen molar-refractivity contribution in [2.75, 3.05) is 0 Å². The van der Waals surface area contributed by atoms with Crippen LogP contribution in [0.2, 0.25) is 0 Å². The van der Waals surface area contributed by atoms with Gasteiger partial charge in [-0.2, -0.15) is 0 Å². The minimum Gasteiger partial charge on any atom is -0.481 e. The van der Waals surface area contributed by atoms with Gasteiger partial charge in [0.15, 0.2) is 0 Å². The van der Waals surface area contributed by atoms with Crippen molar-refractivity contribution >= 4 is 38.1 Å². The Bertz CT molecular complexity index is 119. The molecule has 0 heterocycles. The first-order valence-electron chi connectivity index (χ1n) is 3.06. The molecule has 0 fully saturated rings. The molecule has 0 saturated heterocycles. The van der Waals surface area contributed by atoms with E-state index in [1.54, 1.807) is 0 Å². The van der Waals surface area contributed by atoms with Crippen LogP contribution >= 0.6 is 0 Å². The van der Waals surface area contributed by atoms with Crippen LogP contribution in [0.1, 0.15) is 25.7 Å². The Morgan fingerprint density at radius 1 is 0.909 bits per heavy atom. The van der Waals surface area contributed by atoms with Gasteiger partial charge in [0, 0.05) is 39.0 Å². The quantitative estimate of drug-likeness (QED) is 0.551. The number of rotatable bonds is 5. The van der Waals surface area contributed by atoms with Gasteiger partial charge in [0.25, 0.3) is 0 Å². The number of carbonyl (C=O) groups is 2. The summed E-state index contributed by atoms with van der Waals surface area (Å²) in [6.45, 7) is 0. The van der Waals surface area contributed by atoms with Gasteiger partial charge in [-0.05, 0) is 12.8 Å². The fourth-order valence-electron chi connectivity index (χ4n) is 0.552. The van der Waals surface area contributed by atoms with E-state index in [4.69, 9.17) is 10.2 Å². The molecule has 0 rings (SSSR count). The van der Waals surface area contributed by atoms with Gasteiger partial charge in [0.1, 0.15) is 0 Å². The first-order valence-corrected chi connectivity index (χ1v) is 3.06. The minimum atomic E-state index is -0.870. The fraction of sp³-hybridized carbons (Fsp3) is 0.667. The number of aliphatic carboxylic acids is 2. The standard InChI is InChI=1S/C6H10O4.Bi/c7-5(8)3-1-2-4-6(9)10;/h1-4H2,(H,7,8)(H,9,10);. The van der Waals surface area contributed by atoms with Gasteiger partial charge in [-0.25, -0.2) is 0 Å².